The standard InChI is InChI=1S/C16H18N2O2/c1-3-7-17-9-5-11-13(15(17)19)12-6-10-18(8-4-2)16(20)14(11)12/h3-6,9-14H,1-2,7-8H2. The van der Waals surface area contributed by atoms with Crippen LogP contribution in [0.25, 0.3) is 0 Å². The molecule has 0 aromatic heterocycles. The maximum absolute atomic E-state index is 12.4. The molecule has 0 radical (unpaired) electrons. The van der Waals surface area contributed by atoms with Crippen LogP contribution < -0.4 is 0 Å². The van der Waals surface area contributed by atoms with Gasteiger partial charge in [-0.25, -0.2) is 0 Å². The van der Waals surface area contributed by atoms with Crippen molar-refractivity contribution in [2.45, 2.75) is 0 Å². The summed E-state index contributed by atoms with van der Waals surface area (Å²) in [6, 6.07) is 0. The number of carbonyl (C=O) groups is 2. The van der Waals surface area contributed by atoms with E-state index in [2.05, 4.69) is 13.2 Å². The Morgan fingerprint density at radius 2 is 1.30 bits per heavy atom. The first-order chi connectivity index (χ1) is 9.69. The van der Waals surface area contributed by atoms with Gasteiger partial charge in [0, 0.05) is 37.3 Å². The summed E-state index contributed by atoms with van der Waals surface area (Å²) in [6.07, 6.45) is 11.0. The molecular formula is C16H18N2O2. The van der Waals surface area contributed by atoms with Crippen LogP contribution in [-0.4, -0.2) is 34.7 Å². The molecule has 0 spiro atoms. The number of hydrogen-bond donors (Lipinski definition) is 0. The van der Waals surface area contributed by atoms with E-state index >= 15 is 0 Å². The van der Waals surface area contributed by atoms with E-state index in [1.807, 2.05) is 12.2 Å². The van der Waals surface area contributed by atoms with Gasteiger partial charge in [-0.05, 0) is 0 Å². The predicted molar refractivity (Wildman–Crippen MR) is 76.1 cm³/mol. The SMILES string of the molecule is C=CCN1C=CC2C(C1=O)C1C=CN(CC=C)C(=O)C21. The molecule has 1 fully saturated rings. The molecule has 0 atom stereocenters. The van der Waals surface area contributed by atoms with Crippen molar-refractivity contribution < 1.29 is 9.59 Å². The molecular weight excluding hydrogens is 252 g/mol. The molecule has 1 aliphatic carbocycles. The van der Waals surface area contributed by atoms with E-state index in [-0.39, 0.29) is 35.5 Å². The van der Waals surface area contributed by atoms with Crippen molar-refractivity contribution >= 4 is 11.8 Å². The fraction of sp³-hybridized carbons (Fsp3) is 0.375. The molecule has 0 bridgehead atoms. The number of rotatable bonds is 4. The van der Waals surface area contributed by atoms with Crippen LogP contribution in [0.2, 0.25) is 0 Å². The first-order valence-corrected chi connectivity index (χ1v) is 6.88. The molecule has 3 aliphatic rings. The van der Waals surface area contributed by atoms with Crippen molar-refractivity contribution in [2.75, 3.05) is 13.1 Å². The number of fused-ring (bicyclic) bond motifs is 4. The van der Waals surface area contributed by atoms with Gasteiger partial charge in [-0.1, -0.05) is 24.3 Å². The van der Waals surface area contributed by atoms with E-state index in [1.165, 1.54) is 0 Å². The van der Waals surface area contributed by atoms with Gasteiger partial charge in [-0.3, -0.25) is 9.59 Å². The van der Waals surface area contributed by atoms with E-state index in [0.29, 0.717) is 13.1 Å². The van der Waals surface area contributed by atoms with Crippen LogP contribution >= 0.6 is 0 Å². The minimum Gasteiger partial charge on any atom is -0.315 e. The average molecular weight is 270 g/mol. The van der Waals surface area contributed by atoms with Crippen LogP contribution in [0, 0.1) is 23.7 Å². The smallest absolute Gasteiger partial charge is 0.231 e. The van der Waals surface area contributed by atoms with Crippen molar-refractivity contribution in [2.24, 2.45) is 23.7 Å². The quantitative estimate of drug-likeness (QED) is 0.727. The van der Waals surface area contributed by atoms with E-state index in [4.69, 9.17) is 0 Å². The third kappa shape index (κ3) is 1.68. The van der Waals surface area contributed by atoms with Crippen molar-refractivity contribution in [3.63, 3.8) is 0 Å². The fourth-order valence-electron chi connectivity index (χ4n) is 3.47. The molecule has 104 valence electrons. The Balaban J connectivity index is 1.84. The molecule has 0 aromatic rings. The van der Waals surface area contributed by atoms with E-state index in [1.54, 1.807) is 34.4 Å². The number of carbonyl (C=O) groups excluding carboxylic acids is 2. The molecule has 0 N–H and O–H groups in total. The minimum atomic E-state index is -0.0870. The Labute approximate surface area is 118 Å². The van der Waals surface area contributed by atoms with Crippen molar-refractivity contribution in [1.82, 2.24) is 9.80 Å². The van der Waals surface area contributed by atoms with E-state index in [0.717, 1.165) is 0 Å². The molecule has 2 amide bonds. The van der Waals surface area contributed by atoms with Gasteiger partial charge in [0.15, 0.2) is 0 Å². The molecule has 2 aliphatic heterocycles. The van der Waals surface area contributed by atoms with Crippen LogP contribution in [0.4, 0.5) is 0 Å². The zero-order chi connectivity index (χ0) is 14.3. The van der Waals surface area contributed by atoms with Crippen LogP contribution in [0.1, 0.15) is 0 Å². The lowest BCUT2D eigenvalue weighted by Crippen LogP contribution is -2.61. The number of hydrogen-bond acceptors (Lipinski definition) is 2. The third-order valence-electron chi connectivity index (χ3n) is 4.42. The van der Waals surface area contributed by atoms with Gasteiger partial charge >= 0.3 is 0 Å². The second kappa shape index (κ2) is 4.78. The maximum atomic E-state index is 12.4. The Kier molecular flexibility index (Phi) is 3.08. The monoisotopic (exact) mass is 270 g/mol. The highest BCUT2D eigenvalue weighted by Gasteiger charge is 2.58. The number of allylic oxidation sites excluding steroid dienone is 2. The summed E-state index contributed by atoms with van der Waals surface area (Å²) < 4.78 is 0. The highest BCUT2D eigenvalue weighted by Crippen LogP contribution is 2.52. The van der Waals surface area contributed by atoms with Gasteiger partial charge in [-0.2, -0.15) is 0 Å². The van der Waals surface area contributed by atoms with E-state index < -0.39 is 0 Å². The summed E-state index contributed by atoms with van der Waals surface area (Å²) >= 11 is 0. The summed E-state index contributed by atoms with van der Waals surface area (Å²) in [6.45, 7) is 8.37. The van der Waals surface area contributed by atoms with Gasteiger partial charge in [0.05, 0.1) is 11.8 Å². The highest BCUT2D eigenvalue weighted by molar-refractivity contribution is 5.91. The molecule has 3 rings (SSSR count). The second-order valence-electron chi connectivity index (χ2n) is 5.45. The van der Waals surface area contributed by atoms with Crippen molar-refractivity contribution in [1.29, 1.82) is 0 Å². The largest absolute Gasteiger partial charge is 0.315 e. The molecule has 0 unspecified atom stereocenters. The summed E-state index contributed by atoms with van der Waals surface area (Å²) in [5, 5.41) is 0. The minimum absolute atomic E-state index is 0.0401. The zero-order valence-corrected chi connectivity index (χ0v) is 11.3. The van der Waals surface area contributed by atoms with Gasteiger partial charge in [0.2, 0.25) is 11.8 Å². The maximum Gasteiger partial charge on any atom is 0.231 e. The van der Waals surface area contributed by atoms with Crippen molar-refractivity contribution in [3.05, 3.63) is 49.9 Å². The number of nitrogens with zero attached hydrogens (tertiary/aromatic N) is 2. The fourth-order valence-corrected chi connectivity index (χ4v) is 3.47. The molecule has 2 heterocycles. The Morgan fingerprint density at radius 1 is 0.900 bits per heavy atom. The lowest BCUT2D eigenvalue weighted by Gasteiger charge is -2.53. The van der Waals surface area contributed by atoms with Gasteiger partial charge in [0.1, 0.15) is 0 Å². The lowest BCUT2D eigenvalue weighted by molar-refractivity contribution is -0.157. The first kappa shape index (κ1) is 12.9. The van der Waals surface area contributed by atoms with Gasteiger partial charge in [-0.15, -0.1) is 13.2 Å². The third-order valence-corrected chi connectivity index (χ3v) is 4.42. The van der Waals surface area contributed by atoms with Crippen LogP contribution in [0.5, 0.6) is 0 Å². The molecule has 0 aromatic carbocycles. The molecule has 0 saturated heterocycles. The van der Waals surface area contributed by atoms with Crippen LogP contribution in [0.15, 0.2) is 49.9 Å². The zero-order valence-electron chi connectivity index (χ0n) is 11.3. The molecule has 1 saturated carbocycles. The Bertz CT molecular complexity index is 479. The molecule has 4 heteroatoms. The van der Waals surface area contributed by atoms with Crippen molar-refractivity contribution in [3.8, 4) is 0 Å². The van der Waals surface area contributed by atoms with Crippen LogP contribution in [0.3, 0.4) is 0 Å². The van der Waals surface area contributed by atoms with E-state index in [9.17, 15) is 9.59 Å². The number of amides is 2. The Hall–Kier alpha value is -2.10. The summed E-state index contributed by atoms with van der Waals surface area (Å²) in [4.78, 5) is 28.2. The summed E-state index contributed by atoms with van der Waals surface area (Å²) in [7, 11) is 0. The second-order valence-corrected chi connectivity index (χ2v) is 5.45. The average Bonchev–Trinajstić information content (AvgIpc) is 2.41. The van der Waals surface area contributed by atoms with Gasteiger partial charge in [0.25, 0.3) is 0 Å². The van der Waals surface area contributed by atoms with Crippen LogP contribution in [-0.2, 0) is 9.59 Å². The Morgan fingerprint density at radius 3 is 1.65 bits per heavy atom. The van der Waals surface area contributed by atoms with Gasteiger partial charge < -0.3 is 9.80 Å². The lowest BCUT2D eigenvalue weighted by atomic mass is 9.54. The predicted octanol–water partition coefficient (Wildman–Crippen LogP) is 1.55. The highest BCUT2D eigenvalue weighted by atomic mass is 16.2. The normalized spacial score (nSPS) is 34.4. The topological polar surface area (TPSA) is 40.6 Å². The molecule has 4 nitrogen and oxygen atoms in total. The first-order valence-electron chi connectivity index (χ1n) is 6.88. The summed E-state index contributed by atoms with van der Waals surface area (Å²) in [5.41, 5.74) is 0. The summed E-state index contributed by atoms with van der Waals surface area (Å²) in [5.74, 6) is 0.116. The molecule has 20 heavy (non-hydrogen) atoms.